The minimum atomic E-state index is -0.00264. The molecule has 0 aromatic rings. The fourth-order valence-corrected chi connectivity index (χ4v) is 6.28. The van der Waals surface area contributed by atoms with Gasteiger partial charge in [-0.15, -0.1) is 0 Å². The minimum absolute atomic E-state index is 0.00264. The summed E-state index contributed by atoms with van der Waals surface area (Å²) < 4.78 is -0.00264. The lowest BCUT2D eigenvalue weighted by molar-refractivity contribution is -0.861. The van der Waals surface area contributed by atoms with Gasteiger partial charge in [0.05, 0.1) is 20.1 Å². The van der Waals surface area contributed by atoms with Gasteiger partial charge < -0.3 is 9.85 Å². The van der Waals surface area contributed by atoms with Crippen molar-refractivity contribution in [3.63, 3.8) is 0 Å². The van der Waals surface area contributed by atoms with Crippen LogP contribution in [0.15, 0.2) is 0 Å². The molecule has 0 aromatic heterocycles. The summed E-state index contributed by atoms with van der Waals surface area (Å²) in [5, 5.41) is 12.7. The lowest BCUT2D eigenvalue weighted by atomic mass is 10.0. The molecule has 0 fully saturated rings. The van der Waals surface area contributed by atoms with E-state index in [1.165, 1.54) is 199 Å². The van der Waals surface area contributed by atoms with Crippen LogP contribution in [0.2, 0.25) is 0 Å². The van der Waals surface area contributed by atoms with E-state index in [0.717, 1.165) is 25.9 Å². The zero-order valence-electron chi connectivity index (χ0n) is 28.6. The van der Waals surface area contributed by atoms with Crippen LogP contribution >= 0.6 is 0 Å². The monoisotopic (exact) mass is 566 g/mol. The topological polar surface area (TPSA) is 23.1 Å². The second-order valence-corrected chi connectivity index (χ2v) is 13.7. The first-order chi connectivity index (χ1) is 19.6. The molecular formula is C38H79NO. The van der Waals surface area contributed by atoms with Gasteiger partial charge in [-0.1, -0.05) is 200 Å². The molecular weight excluding hydrogens is 486 g/mol. The average molecular weight is 566 g/mol. The van der Waals surface area contributed by atoms with Gasteiger partial charge in [0.15, 0.2) is 0 Å². The maximum atomic E-state index is 12.7. The Morgan fingerprint density at radius 1 is 0.275 bits per heavy atom. The van der Waals surface area contributed by atoms with E-state index in [2.05, 4.69) is 13.8 Å². The molecule has 1 unspecified atom stereocenters. The second-order valence-electron chi connectivity index (χ2n) is 13.7. The standard InChI is InChI=1S/C38H79NO/c1-4-6-8-10-12-14-16-18-20-22-24-26-28-30-32-34-36-38-39(3,40)37-35-33-31-29-27-25-23-21-19-17-15-13-11-9-7-5-2/h4-38H2,1-3H3. The largest absolute Gasteiger partial charge is 0.633 e. The molecule has 2 nitrogen and oxygen atoms in total. The highest BCUT2D eigenvalue weighted by molar-refractivity contribution is 4.53. The molecule has 40 heavy (non-hydrogen) atoms. The Kier molecular flexibility index (Phi) is 33.4. The highest BCUT2D eigenvalue weighted by Gasteiger charge is 2.09. The molecule has 0 radical (unpaired) electrons. The van der Waals surface area contributed by atoms with E-state index in [-0.39, 0.29) is 4.65 Å². The number of nitrogens with zero attached hydrogens (tertiary/aromatic N) is 1. The highest BCUT2D eigenvalue weighted by Crippen LogP contribution is 2.16. The Morgan fingerprint density at radius 2 is 0.425 bits per heavy atom. The Morgan fingerprint density at radius 3 is 0.600 bits per heavy atom. The third-order valence-electron chi connectivity index (χ3n) is 9.22. The van der Waals surface area contributed by atoms with Crippen molar-refractivity contribution < 1.29 is 4.65 Å². The summed E-state index contributed by atoms with van der Waals surface area (Å²) in [6.07, 6.45) is 46.1. The van der Waals surface area contributed by atoms with Crippen LogP contribution in [0, 0.1) is 5.21 Å². The van der Waals surface area contributed by atoms with Gasteiger partial charge in [0, 0.05) is 0 Å². The smallest absolute Gasteiger partial charge is 0.0781 e. The molecule has 0 saturated carbocycles. The van der Waals surface area contributed by atoms with Gasteiger partial charge in [-0.3, -0.25) is 0 Å². The molecule has 0 rings (SSSR count). The summed E-state index contributed by atoms with van der Waals surface area (Å²) in [6.45, 7) is 6.26. The van der Waals surface area contributed by atoms with Gasteiger partial charge in [0.1, 0.15) is 0 Å². The fraction of sp³-hybridized carbons (Fsp3) is 1.00. The van der Waals surface area contributed by atoms with Crippen molar-refractivity contribution in [2.75, 3.05) is 20.1 Å². The van der Waals surface area contributed by atoms with Crippen molar-refractivity contribution in [2.24, 2.45) is 0 Å². The van der Waals surface area contributed by atoms with Crippen molar-refractivity contribution in [1.82, 2.24) is 0 Å². The highest BCUT2D eigenvalue weighted by atomic mass is 16.5. The number of hydrogen-bond donors (Lipinski definition) is 0. The number of hydrogen-bond acceptors (Lipinski definition) is 1. The molecule has 0 saturated heterocycles. The molecule has 0 aliphatic heterocycles. The molecule has 0 aromatic carbocycles. The summed E-state index contributed by atoms with van der Waals surface area (Å²) in [5.41, 5.74) is 0. The average Bonchev–Trinajstić information content (AvgIpc) is 2.94. The van der Waals surface area contributed by atoms with E-state index in [1.807, 2.05) is 7.05 Å². The van der Waals surface area contributed by atoms with Crippen LogP contribution in [-0.4, -0.2) is 24.8 Å². The lowest BCUT2D eigenvalue weighted by Gasteiger charge is -2.39. The van der Waals surface area contributed by atoms with Crippen molar-refractivity contribution in [2.45, 2.75) is 226 Å². The SMILES string of the molecule is CCCCCCCCCCCCCCCCCCC[N+](C)([O-])CCCCCCCCCCCCCCCCCC. The molecule has 0 amide bonds. The van der Waals surface area contributed by atoms with Gasteiger partial charge in [-0.25, -0.2) is 0 Å². The molecule has 1 atom stereocenters. The van der Waals surface area contributed by atoms with Gasteiger partial charge >= 0.3 is 0 Å². The number of unbranched alkanes of at least 4 members (excludes halogenated alkanes) is 31. The predicted molar refractivity (Wildman–Crippen MR) is 183 cm³/mol. The Bertz CT molecular complexity index is 449. The zero-order valence-corrected chi connectivity index (χ0v) is 28.6. The molecule has 0 aliphatic carbocycles. The molecule has 0 bridgehead atoms. The van der Waals surface area contributed by atoms with Crippen LogP contribution in [-0.2, 0) is 0 Å². The molecule has 0 aliphatic rings. The van der Waals surface area contributed by atoms with E-state index < -0.39 is 0 Å². The second kappa shape index (κ2) is 33.4. The van der Waals surface area contributed by atoms with E-state index >= 15 is 0 Å². The number of quaternary nitrogens is 1. The third kappa shape index (κ3) is 34.1. The summed E-state index contributed by atoms with van der Waals surface area (Å²) >= 11 is 0. The summed E-state index contributed by atoms with van der Waals surface area (Å²) in [4.78, 5) is 0. The molecule has 242 valence electrons. The van der Waals surface area contributed by atoms with Crippen LogP contribution in [0.25, 0.3) is 0 Å². The molecule has 2 heteroatoms. The molecule has 0 N–H and O–H groups in total. The summed E-state index contributed by atoms with van der Waals surface area (Å²) in [5.74, 6) is 0. The number of rotatable bonds is 35. The van der Waals surface area contributed by atoms with Crippen LogP contribution in [0.1, 0.15) is 226 Å². The molecule has 0 spiro atoms. The van der Waals surface area contributed by atoms with Crippen LogP contribution in [0.4, 0.5) is 0 Å². The zero-order chi connectivity index (χ0) is 29.2. The normalized spacial score (nSPS) is 13.2. The fourth-order valence-electron chi connectivity index (χ4n) is 6.28. The van der Waals surface area contributed by atoms with E-state index in [1.54, 1.807) is 0 Å². The molecule has 0 heterocycles. The first kappa shape index (κ1) is 39.9. The van der Waals surface area contributed by atoms with Gasteiger partial charge in [0.25, 0.3) is 0 Å². The van der Waals surface area contributed by atoms with Crippen molar-refractivity contribution in [3.05, 3.63) is 5.21 Å². The Balaban J connectivity index is 3.26. The van der Waals surface area contributed by atoms with Gasteiger partial charge in [0.2, 0.25) is 0 Å². The summed E-state index contributed by atoms with van der Waals surface area (Å²) in [7, 11) is 1.91. The van der Waals surface area contributed by atoms with Gasteiger partial charge in [-0.05, 0) is 25.7 Å². The van der Waals surface area contributed by atoms with Crippen LogP contribution < -0.4 is 0 Å². The third-order valence-corrected chi connectivity index (χ3v) is 9.22. The van der Waals surface area contributed by atoms with E-state index in [4.69, 9.17) is 0 Å². The maximum Gasteiger partial charge on any atom is 0.0781 e. The quantitative estimate of drug-likeness (QED) is 0.0425. The first-order valence-electron chi connectivity index (χ1n) is 19.2. The van der Waals surface area contributed by atoms with Crippen molar-refractivity contribution in [1.29, 1.82) is 0 Å². The lowest BCUT2D eigenvalue weighted by Crippen LogP contribution is -2.39. The minimum Gasteiger partial charge on any atom is -0.633 e. The van der Waals surface area contributed by atoms with Crippen molar-refractivity contribution in [3.8, 4) is 0 Å². The number of hydroxylamine groups is 3. The van der Waals surface area contributed by atoms with Gasteiger partial charge in [-0.2, -0.15) is 0 Å². The van der Waals surface area contributed by atoms with Crippen LogP contribution in [0.3, 0.4) is 0 Å². The first-order valence-corrected chi connectivity index (χ1v) is 19.2. The van der Waals surface area contributed by atoms with Crippen LogP contribution in [0.5, 0.6) is 0 Å². The Hall–Kier alpha value is -0.0800. The van der Waals surface area contributed by atoms with E-state index in [9.17, 15) is 5.21 Å². The van der Waals surface area contributed by atoms with E-state index in [0.29, 0.717) is 0 Å². The predicted octanol–water partition coefficient (Wildman–Crippen LogP) is 13.8. The Labute approximate surface area is 255 Å². The van der Waals surface area contributed by atoms with Crippen molar-refractivity contribution >= 4 is 0 Å². The maximum absolute atomic E-state index is 12.7. The summed E-state index contributed by atoms with van der Waals surface area (Å²) in [6, 6.07) is 0.